The van der Waals surface area contributed by atoms with E-state index in [-0.39, 0.29) is 5.97 Å². The van der Waals surface area contributed by atoms with Crippen LogP contribution in [0.25, 0.3) is 0 Å². The molecule has 0 radical (unpaired) electrons. The zero-order valence-electron chi connectivity index (χ0n) is 12.1. The fraction of sp³-hybridized carbons (Fsp3) is 0.800. The van der Waals surface area contributed by atoms with Gasteiger partial charge in [-0.15, -0.1) is 6.42 Å². The molecule has 0 amide bonds. The van der Waals surface area contributed by atoms with Crippen LogP contribution < -0.4 is 5.32 Å². The maximum absolute atomic E-state index is 11.9. The third kappa shape index (κ3) is 6.66. The van der Waals surface area contributed by atoms with Crippen LogP contribution in [0, 0.1) is 12.3 Å². The minimum atomic E-state index is -0.644. The molecule has 0 aliphatic heterocycles. The molecule has 1 unspecified atom stereocenters. The summed E-state index contributed by atoms with van der Waals surface area (Å²) in [4.78, 5) is 11.9. The van der Waals surface area contributed by atoms with Crippen LogP contribution in [-0.4, -0.2) is 24.7 Å². The number of unbranched alkanes of at least 4 members (excludes halogenated alkanes) is 4. The molecule has 0 saturated heterocycles. The molecule has 0 aromatic carbocycles. The SMILES string of the molecule is C#CCNC(C)(CCCCCCC)C(=O)OCC. The summed E-state index contributed by atoms with van der Waals surface area (Å²) in [6.07, 6.45) is 11.9. The summed E-state index contributed by atoms with van der Waals surface area (Å²) in [5.41, 5.74) is -0.644. The van der Waals surface area contributed by atoms with E-state index in [0.29, 0.717) is 13.2 Å². The average molecular weight is 253 g/mol. The molecule has 18 heavy (non-hydrogen) atoms. The van der Waals surface area contributed by atoms with Gasteiger partial charge in [0.15, 0.2) is 0 Å². The Kier molecular flexibility index (Phi) is 9.40. The second-order valence-corrected chi connectivity index (χ2v) is 4.77. The third-order valence-electron chi connectivity index (χ3n) is 3.09. The molecule has 0 bridgehead atoms. The van der Waals surface area contributed by atoms with Crippen LogP contribution in [0.4, 0.5) is 0 Å². The summed E-state index contributed by atoms with van der Waals surface area (Å²) in [6.45, 7) is 6.69. The predicted molar refractivity (Wildman–Crippen MR) is 75.2 cm³/mol. The zero-order valence-corrected chi connectivity index (χ0v) is 12.1. The molecule has 1 atom stereocenters. The van der Waals surface area contributed by atoms with Gasteiger partial charge < -0.3 is 4.74 Å². The Balaban J connectivity index is 4.20. The Hall–Kier alpha value is -1.01. The van der Waals surface area contributed by atoms with Crippen LogP contribution >= 0.6 is 0 Å². The lowest BCUT2D eigenvalue weighted by molar-refractivity contribution is -0.150. The molecule has 0 aromatic heterocycles. The lowest BCUT2D eigenvalue weighted by Gasteiger charge is -2.27. The van der Waals surface area contributed by atoms with Gasteiger partial charge in [-0.05, 0) is 20.3 Å². The van der Waals surface area contributed by atoms with Gasteiger partial charge in [-0.1, -0.05) is 44.9 Å². The fourth-order valence-corrected chi connectivity index (χ4v) is 1.88. The van der Waals surface area contributed by atoms with Crippen molar-refractivity contribution in [2.24, 2.45) is 0 Å². The van der Waals surface area contributed by atoms with Crippen LogP contribution in [0.15, 0.2) is 0 Å². The summed E-state index contributed by atoms with van der Waals surface area (Å²) in [5, 5.41) is 3.11. The van der Waals surface area contributed by atoms with Crippen molar-refractivity contribution in [3.8, 4) is 12.3 Å². The van der Waals surface area contributed by atoms with Crippen molar-refractivity contribution >= 4 is 5.97 Å². The van der Waals surface area contributed by atoms with Crippen molar-refractivity contribution in [3.05, 3.63) is 0 Å². The highest BCUT2D eigenvalue weighted by atomic mass is 16.5. The van der Waals surface area contributed by atoms with Crippen molar-refractivity contribution in [2.75, 3.05) is 13.2 Å². The number of esters is 1. The van der Waals surface area contributed by atoms with E-state index in [1.165, 1.54) is 19.3 Å². The molecule has 3 nitrogen and oxygen atoms in total. The molecule has 3 heteroatoms. The van der Waals surface area contributed by atoms with Gasteiger partial charge in [0, 0.05) is 0 Å². The van der Waals surface area contributed by atoms with E-state index in [0.717, 1.165) is 19.3 Å². The van der Waals surface area contributed by atoms with E-state index >= 15 is 0 Å². The number of carbonyl (C=O) groups excluding carboxylic acids is 1. The van der Waals surface area contributed by atoms with Gasteiger partial charge in [0.05, 0.1) is 13.2 Å². The number of rotatable bonds is 10. The van der Waals surface area contributed by atoms with Gasteiger partial charge in [-0.25, -0.2) is 0 Å². The first kappa shape index (κ1) is 17.0. The number of nitrogens with one attached hydrogen (secondary N) is 1. The van der Waals surface area contributed by atoms with E-state index in [9.17, 15) is 4.79 Å². The van der Waals surface area contributed by atoms with Gasteiger partial charge in [-0.2, -0.15) is 0 Å². The smallest absolute Gasteiger partial charge is 0.326 e. The first-order valence-corrected chi connectivity index (χ1v) is 6.96. The number of terminal acetylenes is 1. The Morgan fingerprint density at radius 2 is 1.94 bits per heavy atom. The Labute approximate surface area is 112 Å². The lowest BCUT2D eigenvalue weighted by atomic mass is 9.94. The topological polar surface area (TPSA) is 38.3 Å². The maximum Gasteiger partial charge on any atom is 0.326 e. The van der Waals surface area contributed by atoms with Gasteiger partial charge in [0.2, 0.25) is 0 Å². The van der Waals surface area contributed by atoms with E-state index < -0.39 is 5.54 Å². The second kappa shape index (κ2) is 9.96. The van der Waals surface area contributed by atoms with Gasteiger partial charge in [-0.3, -0.25) is 10.1 Å². The first-order valence-electron chi connectivity index (χ1n) is 6.96. The van der Waals surface area contributed by atoms with Crippen LogP contribution in [0.3, 0.4) is 0 Å². The number of carbonyl (C=O) groups is 1. The monoisotopic (exact) mass is 253 g/mol. The molecular formula is C15H27NO2. The summed E-state index contributed by atoms with van der Waals surface area (Å²) < 4.78 is 5.11. The minimum absolute atomic E-state index is 0.198. The van der Waals surface area contributed by atoms with Crippen molar-refractivity contribution in [1.29, 1.82) is 0 Å². The summed E-state index contributed by atoms with van der Waals surface area (Å²) in [6, 6.07) is 0. The van der Waals surface area contributed by atoms with Gasteiger partial charge in [0.1, 0.15) is 5.54 Å². The molecule has 104 valence electrons. The summed E-state index contributed by atoms with van der Waals surface area (Å²) in [7, 11) is 0. The van der Waals surface area contributed by atoms with Crippen molar-refractivity contribution in [1.82, 2.24) is 5.32 Å². The number of hydrogen-bond acceptors (Lipinski definition) is 3. The number of hydrogen-bond donors (Lipinski definition) is 1. The zero-order chi connectivity index (χ0) is 13.9. The molecule has 0 aromatic rings. The van der Waals surface area contributed by atoms with Crippen molar-refractivity contribution < 1.29 is 9.53 Å². The average Bonchev–Trinajstić information content (AvgIpc) is 2.36. The first-order chi connectivity index (χ1) is 8.60. The highest BCUT2D eigenvalue weighted by molar-refractivity contribution is 5.80. The molecule has 0 spiro atoms. The van der Waals surface area contributed by atoms with Gasteiger partial charge >= 0.3 is 5.97 Å². The van der Waals surface area contributed by atoms with E-state index in [1.807, 2.05) is 13.8 Å². The molecule has 0 saturated carbocycles. The number of ether oxygens (including phenoxy) is 1. The molecule has 0 fully saturated rings. The van der Waals surface area contributed by atoms with Gasteiger partial charge in [0.25, 0.3) is 0 Å². The molecule has 0 aliphatic carbocycles. The minimum Gasteiger partial charge on any atom is -0.465 e. The van der Waals surface area contributed by atoms with E-state index in [4.69, 9.17) is 11.2 Å². The summed E-state index contributed by atoms with van der Waals surface area (Å²) in [5.74, 6) is 2.31. The van der Waals surface area contributed by atoms with Crippen molar-refractivity contribution in [2.45, 2.75) is 64.8 Å². The standard InChI is InChI=1S/C15H27NO2/c1-5-8-9-10-11-12-15(4,16-13-6-2)14(17)18-7-3/h2,16H,5,7-13H2,1,3-4H3. The van der Waals surface area contributed by atoms with E-state index in [1.54, 1.807) is 0 Å². The molecule has 0 rings (SSSR count). The van der Waals surface area contributed by atoms with Crippen LogP contribution in [0.1, 0.15) is 59.3 Å². The normalized spacial score (nSPS) is 13.7. The highest BCUT2D eigenvalue weighted by Crippen LogP contribution is 2.17. The predicted octanol–water partition coefficient (Wildman–Crippen LogP) is 2.89. The largest absolute Gasteiger partial charge is 0.465 e. The maximum atomic E-state index is 11.9. The third-order valence-corrected chi connectivity index (χ3v) is 3.09. The van der Waals surface area contributed by atoms with E-state index in [2.05, 4.69) is 18.2 Å². The Morgan fingerprint density at radius 1 is 1.28 bits per heavy atom. The van der Waals surface area contributed by atoms with Crippen molar-refractivity contribution in [3.63, 3.8) is 0 Å². The Morgan fingerprint density at radius 3 is 2.50 bits per heavy atom. The quantitative estimate of drug-likeness (QED) is 0.369. The summed E-state index contributed by atoms with van der Waals surface area (Å²) >= 11 is 0. The molecule has 1 N–H and O–H groups in total. The molecular weight excluding hydrogens is 226 g/mol. The Bertz CT molecular complexity index is 270. The second-order valence-electron chi connectivity index (χ2n) is 4.77. The molecule has 0 heterocycles. The van der Waals surface area contributed by atoms with Crippen LogP contribution in [0.5, 0.6) is 0 Å². The lowest BCUT2D eigenvalue weighted by Crippen LogP contribution is -2.50. The fourth-order valence-electron chi connectivity index (χ4n) is 1.88. The van der Waals surface area contributed by atoms with Crippen LogP contribution in [-0.2, 0) is 9.53 Å². The molecule has 0 aliphatic rings. The van der Waals surface area contributed by atoms with Crippen LogP contribution in [0.2, 0.25) is 0 Å². The highest BCUT2D eigenvalue weighted by Gasteiger charge is 2.33.